The van der Waals surface area contributed by atoms with Crippen LogP contribution >= 0.6 is 0 Å². The van der Waals surface area contributed by atoms with E-state index >= 15 is 0 Å². The molecule has 0 aliphatic heterocycles. The van der Waals surface area contributed by atoms with Gasteiger partial charge in [0.05, 0.1) is 6.61 Å². The SMILES string of the molecule is CCOc1ccc2c(c1)c(C)c(C(=O)NC(C(=O)O)C(C)CC)n2CC. The van der Waals surface area contributed by atoms with Gasteiger partial charge in [-0.05, 0) is 50.5 Å². The number of amides is 1. The molecule has 0 saturated heterocycles. The molecule has 0 fully saturated rings. The monoisotopic (exact) mass is 360 g/mol. The molecule has 1 amide bonds. The lowest BCUT2D eigenvalue weighted by Crippen LogP contribution is -2.45. The number of ether oxygens (including phenoxy) is 1. The second-order valence-corrected chi connectivity index (χ2v) is 6.50. The highest BCUT2D eigenvalue weighted by molar-refractivity contribution is 6.03. The minimum atomic E-state index is -1.01. The van der Waals surface area contributed by atoms with Crippen LogP contribution in [0.1, 0.15) is 50.2 Å². The van der Waals surface area contributed by atoms with Crippen LogP contribution in [0.3, 0.4) is 0 Å². The van der Waals surface area contributed by atoms with Crippen LogP contribution in [0, 0.1) is 12.8 Å². The maximum absolute atomic E-state index is 12.9. The number of carbonyl (C=O) groups excluding carboxylic acids is 1. The van der Waals surface area contributed by atoms with Gasteiger partial charge in [0.25, 0.3) is 5.91 Å². The Labute approximate surface area is 154 Å². The molecule has 2 rings (SSSR count). The molecule has 6 nitrogen and oxygen atoms in total. The zero-order valence-corrected chi connectivity index (χ0v) is 16.1. The molecule has 26 heavy (non-hydrogen) atoms. The number of aromatic nitrogens is 1. The van der Waals surface area contributed by atoms with Crippen molar-refractivity contribution in [2.24, 2.45) is 5.92 Å². The summed E-state index contributed by atoms with van der Waals surface area (Å²) in [5.74, 6) is -0.763. The first-order chi connectivity index (χ1) is 12.3. The fourth-order valence-corrected chi connectivity index (χ4v) is 3.27. The van der Waals surface area contributed by atoms with Crippen LogP contribution in [0.15, 0.2) is 18.2 Å². The molecule has 0 bridgehead atoms. The lowest BCUT2D eigenvalue weighted by molar-refractivity contribution is -0.140. The van der Waals surface area contributed by atoms with E-state index in [1.165, 1.54) is 0 Å². The fourth-order valence-electron chi connectivity index (χ4n) is 3.27. The first kappa shape index (κ1) is 19.8. The lowest BCUT2D eigenvalue weighted by atomic mass is 9.99. The number of nitrogens with one attached hydrogen (secondary N) is 1. The number of benzene rings is 1. The predicted molar refractivity (Wildman–Crippen MR) is 102 cm³/mol. The van der Waals surface area contributed by atoms with E-state index in [1.807, 2.05) is 57.4 Å². The van der Waals surface area contributed by atoms with Crippen LogP contribution in [0.5, 0.6) is 5.75 Å². The molecule has 0 radical (unpaired) electrons. The molecule has 0 saturated carbocycles. The van der Waals surface area contributed by atoms with Gasteiger partial charge in [-0.25, -0.2) is 4.79 Å². The number of carbonyl (C=O) groups is 2. The second-order valence-electron chi connectivity index (χ2n) is 6.50. The smallest absolute Gasteiger partial charge is 0.326 e. The van der Waals surface area contributed by atoms with Crippen LogP contribution < -0.4 is 10.1 Å². The van der Waals surface area contributed by atoms with Gasteiger partial charge in [-0.1, -0.05) is 20.3 Å². The van der Waals surface area contributed by atoms with Gasteiger partial charge in [0.2, 0.25) is 0 Å². The van der Waals surface area contributed by atoms with E-state index in [0.29, 0.717) is 25.3 Å². The number of carboxylic acids is 1. The Bertz CT molecular complexity index is 810. The number of carboxylic acid groups (broad SMARTS) is 1. The van der Waals surface area contributed by atoms with Crippen molar-refractivity contribution >= 4 is 22.8 Å². The highest BCUT2D eigenvalue weighted by Gasteiger charge is 2.28. The molecule has 1 aromatic heterocycles. The number of hydrogen-bond acceptors (Lipinski definition) is 3. The standard InChI is InChI=1S/C20H28N2O4/c1-6-12(4)17(20(24)25)21-19(23)18-13(5)15-11-14(26-8-3)9-10-16(15)22(18)7-2/h9-12,17H,6-8H2,1-5H3,(H,21,23)(H,24,25). The third-order valence-electron chi connectivity index (χ3n) is 4.90. The molecule has 2 atom stereocenters. The predicted octanol–water partition coefficient (Wildman–Crippen LogP) is 3.60. The van der Waals surface area contributed by atoms with Crippen molar-refractivity contribution in [2.45, 2.75) is 53.6 Å². The van der Waals surface area contributed by atoms with Crippen LogP contribution in [0.25, 0.3) is 10.9 Å². The van der Waals surface area contributed by atoms with Gasteiger partial charge in [-0.15, -0.1) is 0 Å². The maximum atomic E-state index is 12.9. The van der Waals surface area contributed by atoms with Crippen LogP contribution in [0.4, 0.5) is 0 Å². The molecule has 6 heteroatoms. The van der Waals surface area contributed by atoms with E-state index in [9.17, 15) is 14.7 Å². The molecule has 2 aromatic rings. The first-order valence-electron chi connectivity index (χ1n) is 9.14. The molecule has 1 aromatic carbocycles. The minimum absolute atomic E-state index is 0.152. The summed E-state index contributed by atoms with van der Waals surface area (Å²) in [6, 6.07) is 4.85. The third kappa shape index (κ3) is 3.69. The topological polar surface area (TPSA) is 80.6 Å². The van der Waals surface area contributed by atoms with Gasteiger partial charge in [0.15, 0.2) is 0 Å². The number of hydrogen-bond donors (Lipinski definition) is 2. The van der Waals surface area contributed by atoms with Crippen molar-refractivity contribution < 1.29 is 19.4 Å². The molecule has 2 unspecified atom stereocenters. The van der Waals surface area contributed by atoms with Crippen molar-refractivity contribution in [3.05, 3.63) is 29.5 Å². The molecule has 0 aliphatic rings. The van der Waals surface area contributed by atoms with Gasteiger partial charge in [0.1, 0.15) is 17.5 Å². The largest absolute Gasteiger partial charge is 0.494 e. The summed E-state index contributed by atoms with van der Waals surface area (Å²) in [5, 5.41) is 13.1. The summed E-state index contributed by atoms with van der Waals surface area (Å²) in [7, 11) is 0. The summed E-state index contributed by atoms with van der Waals surface area (Å²) < 4.78 is 7.49. The van der Waals surface area contributed by atoms with Gasteiger partial charge < -0.3 is 19.7 Å². The number of aryl methyl sites for hydroxylation is 2. The van der Waals surface area contributed by atoms with E-state index < -0.39 is 12.0 Å². The first-order valence-corrected chi connectivity index (χ1v) is 9.14. The Hall–Kier alpha value is -2.50. The average Bonchev–Trinajstić information content (AvgIpc) is 2.90. The second kappa shape index (κ2) is 8.25. The van der Waals surface area contributed by atoms with Gasteiger partial charge in [0, 0.05) is 17.4 Å². The normalized spacial score (nSPS) is 13.4. The maximum Gasteiger partial charge on any atom is 0.326 e. The van der Waals surface area contributed by atoms with E-state index in [0.717, 1.165) is 22.2 Å². The summed E-state index contributed by atoms with van der Waals surface area (Å²) in [5.41, 5.74) is 2.27. The summed E-state index contributed by atoms with van der Waals surface area (Å²) >= 11 is 0. The van der Waals surface area contributed by atoms with Crippen molar-refractivity contribution in [3.63, 3.8) is 0 Å². The van der Waals surface area contributed by atoms with E-state index in [1.54, 1.807) is 0 Å². The van der Waals surface area contributed by atoms with Crippen molar-refractivity contribution in [3.8, 4) is 5.75 Å². The summed E-state index contributed by atoms with van der Waals surface area (Å²) in [6.07, 6.45) is 0.671. The van der Waals surface area contributed by atoms with Gasteiger partial charge in [-0.3, -0.25) is 4.79 Å². The Kier molecular flexibility index (Phi) is 6.29. The molecular weight excluding hydrogens is 332 g/mol. The zero-order chi connectivity index (χ0) is 19.4. The van der Waals surface area contributed by atoms with Crippen LogP contribution in [0.2, 0.25) is 0 Å². The Morgan fingerprint density at radius 1 is 1.27 bits per heavy atom. The van der Waals surface area contributed by atoms with Crippen LogP contribution in [-0.2, 0) is 11.3 Å². The Morgan fingerprint density at radius 2 is 1.96 bits per heavy atom. The number of fused-ring (bicyclic) bond motifs is 1. The van der Waals surface area contributed by atoms with Crippen molar-refractivity contribution in [1.29, 1.82) is 0 Å². The van der Waals surface area contributed by atoms with E-state index in [-0.39, 0.29) is 11.8 Å². The molecule has 142 valence electrons. The molecule has 0 aliphatic carbocycles. The minimum Gasteiger partial charge on any atom is -0.494 e. The van der Waals surface area contributed by atoms with E-state index in [4.69, 9.17) is 4.74 Å². The molecule has 1 heterocycles. The van der Waals surface area contributed by atoms with Gasteiger partial charge >= 0.3 is 5.97 Å². The van der Waals surface area contributed by atoms with Crippen LogP contribution in [-0.4, -0.2) is 34.2 Å². The zero-order valence-electron chi connectivity index (χ0n) is 16.1. The number of rotatable bonds is 8. The third-order valence-corrected chi connectivity index (χ3v) is 4.90. The Balaban J connectivity index is 2.48. The summed E-state index contributed by atoms with van der Waals surface area (Å²) in [6.45, 7) is 10.7. The highest BCUT2D eigenvalue weighted by Crippen LogP contribution is 2.29. The summed E-state index contributed by atoms with van der Waals surface area (Å²) in [4.78, 5) is 24.5. The van der Waals surface area contributed by atoms with Gasteiger partial charge in [-0.2, -0.15) is 0 Å². The Morgan fingerprint density at radius 3 is 2.50 bits per heavy atom. The van der Waals surface area contributed by atoms with Crippen molar-refractivity contribution in [2.75, 3.05) is 6.61 Å². The van der Waals surface area contributed by atoms with E-state index in [2.05, 4.69) is 5.32 Å². The quantitative estimate of drug-likeness (QED) is 0.754. The average molecular weight is 360 g/mol. The lowest BCUT2D eigenvalue weighted by Gasteiger charge is -2.21. The molecule has 0 spiro atoms. The molecular formula is C20H28N2O4. The highest BCUT2D eigenvalue weighted by atomic mass is 16.5. The number of nitrogens with zero attached hydrogens (tertiary/aromatic N) is 1. The van der Waals surface area contributed by atoms with Crippen molar-refractivity contribution in [1.82, 2.24) is 9.88 Å². The molecule has 2 N–H and O–H groups in total. The fraction of sp³-hybridized carbons (Fsp3) is 0.500. The number of aliphatic carboxylic acids is 1.